The van der Waals surface area contributed by atoms with Gasteiger partial charge in [0, 0.05) is 36.3 Å². The number of piperidine rings is 1. The van der Waals surface area contributed by atoms with Gasteiger partial charge >= 0.3 is 0 Å². The van der Waals surface area contributed by atoms with Gasteiger partial charge in [-0.3, -0.25) is 4.40 Å². The van der Waals surface area contributed by atoms with Crippen LogP contribution in [0.2, 0.25) is 0 Å². The fourth-order valence-corrected chi connectivity index (χ4v) is 4.36. The molecule has 4 rings (SSSR count). The summed E-state index contributed by atoms with van der Waals surface area (Å²) in [5.74, 6) is 1.85. The molecule has 1 saturated heterocycles. The number of hydrogen-bond acceptors (Lipinski definition) is 5. The summed E-state index contributed by atoms with van der Waals surface area (Å²) in [6, 6.07) is 2.01. The normalized spacial score (nSPS) is 22.4. The summed E-state index contributed by atoms with van der Waals surface area (Å²) in [5, 5.41) is 2.12. The van der Waals surface area contributed by atoms with Crippen LogP contribution in [-0.2, 0) is 5.41 Å². The first-order valence-electron chi connectivity index (χ1n) is 7.61. The average Bonchev–Trinajstić information content (AvgIpc) is 3.10. The second kappa shape index (κ2) is 5.05. The summed E-state index contributed by atoms with van der Waals surface area (Å²) in [5.41, 5.74) is 1.29. The van der Waals surface area contributed by atoms with Crippen molar-refractivity contribution in [3.63, 3.8) is 0 Å². The van der Waals surface area contributed by atoms with Crippen molar-refractivity contribution in [2.75, 3.05) is 18.0 Å². The van der Waals surface area contributed by atoms with Crippen LogP contribution in [0.25, 0.3) is 4.83 Å². The molecule has 0 N–H and O–H groups in total. The van der Waals surface area contributed by atoms with Crippen LogP contribution in [-0.4, -0.2) is 32.4 Å². The molecule has 114 valence electrons. The first kappa shape index (κ1) is 13.7. The Morgan fingerprint density at radius 1 is 1.32 bits per heavy atom. The summed E-state index contributed by atoms with van der Waals surface area (Å²) in [6.07, 6.45) is 8.17. The zero-order valence-electron chi connectivity index (χ0n) is 12.9. The van der Waals surface area contributed by atoms with Crippen LogP contribution in [0, 0.1) is 6.92 Å². The van der Waals surface area contributed by atoms with Gasteiger partial charge in [0.15, 0.2) is 0 Å². The van der Waals surface area contributed by atoms with E-state index >= 15 is 0 Å². The monoisotopic (exact) mass is 313 g/mol. The van der Waals surface area contributed by atoms with Gasteiger partial charge in [-0.05, 0) is 25.8 Å². The maximum absolute atomic E-state index is 4.71. The maximum Gasteiger partial charge on any atom is 0.132 e. The smallest absolute Gasteiger partial charge is 0.132 e. The molecule has 0 aromatic carbocycles. The Bertz CT molecular complexity index is 808. The lowest BCUT2D eigenvalue weighted by Crippen LogP contribution is -2.45. The van der Waals surface area contributed by atoms with Crippen molar-refractivity contribution in [3.05, 3.63) is 41.7 Å². The molecule has 22 heavy (non-hydrogen) atoms. The lowest BCUT2D eigenvalue weighted by molar-refractivity contribution is 0.367. The number of thiazole rings is 1. The van der Waals surface area contributed by atoms with Crippen LogP contribution in [0.4, 0.5) is 5.82 Å². The predicted molar refractivity (Wildman–Crippen MR) is 88.6 cm³/mol. The van der Waals surface area contributed by atoms with Crippen molar-refractivity contribution in [2.45, 2.75) is 32.1 Å². The van der Waals surface area contributed by atoms with E-state index in [9.17, 15) is 0 Å². The van der Waals surface area contributed by atoms with E-state index < -0.39 is 0 Å². The van der Waals surface area contributed by atoms with E-state index in [1.54, 1.807) is 11.3 Å². The minimum atomic E-state index is 0.0662. The van der Waals surface area contributed by atoms with Gasteiger partial charge in [0.05, 0.1) is 5.69 Å². The molecule has 3 aromatic heterocycles. The van der Waals surface area contributed by atoms with Crippen molar-refractivity contribution < 1.29 is 0 Å². The van der Waals surface area contributed by atoms with Gasteiger partial charge in [-0.25, -0.2) is 15.0 Å². The van der Waals surface area contributed by atoms with Crippen molar-refractivity contribution in [1.29, 1.82) is 0 Å². The van der Waals surface area contributed by atoms with Crippen LogP contribution in [0.1, 0.15) is 31.3 Å². The van der Waals surface area contributed by atoms with Crippen LogP contribution in [0.15, 0.2) is 30.2 Å². The van der Waals surface area contributed by atoms with Crippen LogP contribution in [0.3, 0.4) is 0 Å². The molecule has 1 aliphatic heterocycles. The van der Waals surface area contributed by atoms with Crippen LogP contribution >= 0.6 is 11.3 Å². The molecular weight excluding hydrogens is 294 g/mol. The summed E-state index contributed by atoms with van der Waals surface area (Å²) >= 11 is 1.77. The summed E-state index contributed by atoms with van der Waals surface area (Å²) in [4.78, 5) is 17.1. The summed E-state index contributed by atoms with van der Waals surface area (Å²) in [7, 11) is 0. The highest BCUT2D eigenvalue weighted by Gasteiger charge is 2.36. The number of rotatable bonds is 2. The molecule has 0 spiro atoms. The fourth-order valence-electron chi connectivity index (χ4n) is 3.40. The highest BCUT2D eigenvalue weighted by Crippen LogP contribution is 2.37. The lowest BCUT2D eigenvalue weighted by Gasteiger charge is -2.40. The van der Waals surface area contributed by atoms with Crippen molar-refractivity contribution >= 4 is 22.0 Å². The van der Waals surface area contributed by atoms with E-state index in [1.807, 2.05) is 25.5 Å². The highest BCUT2D eigenvalue weighted by atomic mass is 32.1. The Kier molecular flexibility index (Phi) is 3.14. The SMILES string of the molecule is Cc1nccc(N2CCCC(C)(c3ncn4ccsc34)C2)n1. The molecule has 0 radical (unpaired) electrons. The molecule has 1 unspecified atom stereocenters. The Morgan fingerprint density at radius 2 is 2.23 bits per heavy atom. The number of fused-ring (bicyclic) bond motifs is 1. The maximum atomic E-state index is 4.71. The zero-order valence-corrected chi connectivity index (χ0v) is 13.7. The van der Waals surface area contributed by atoms with E-state index in [0.717, 1.165) is 37.6 Å². The largest absolute Gasteiger partial charge is 0.356 e. The third-order valence-electron chi connectivity index (χ3n) is 4.50. The van der Waals surface area contributed by atoms with E-state index in [0.29, 0.717) is 0 Å². The zero-order chi connectivity index (χ0) is 15.2. The molecule has 1 aliphatic rings. The second-order valence-corrected chi connectivity index (χ2v) is 7.15. The quantitative estimate of drug-likeness (QED) is 0.729. The minimum Gasteiger partial charge on any atom is -0.356 e. The number of imidazole rings is 1. The van der Waals surface area contributed by atoms with E-state index in [-0.39, 0.29) is 5.41 Å². The molecule has 0 amide bonds. The lowest BCUT2D eigenvalue weighted by atomic mass is 9.79. The van der Waals surface area contributed by atoms with Crippen LogP contribution < -0.4 is 4.90 Å². The molecular formula is C16H19N5S. The molecule has 3 aromatic rings. The average molecular weight is 313 g/mol. The summed E-state index contributed by atoms with van der Waals surface area (Å²) < 4.78 is 2.12. The van der Waals surface area contributed by atoms with E-state index in [2.05, 4.69) is 37.8 Å². The van der Waals surface area contributed by atoms with Gasteiger partial charge in [-0.1, -0.05) is 6.92 Å². The third kappa shape index (κ3) is 2.18. The molecule has 5 nitrogen and oxygen atoms in total. The Labute approximate surface area is 133 Å². The van der Waals surface area contributed by atoms with Gasteiger partial charge in [0.25, 0.3) is 0 Å². The molecule has 6 heteroatoms. The van der Waals surface area contributed by atoms with Gasteiger partial charge in [0.1, 0.15) is 22.8 Å². The Balaban J connectivity index is 1.69. The first-order chi connectivity index (χ1) is 10.7. The van der Waals surface area contributed by atoms with Crippen molar-refractivity contribution in [1.82, 2.24) is 19.4 Å². The number of aromatic nitrogens is 4. The fraction of sp³-hybridized carbons (Fsp3) is 0.438. The topological polar surface area (TPSA) is 46.3 Å². The number of anilines is 1. The van der Waals surface area contributed by atoms with Crippen LogP contribution in [0.5, 0.6) is 0 Å². The molecule has 1 atom stereocenters. The molecule has 0 aliphatic carbocycles. The molecule has 4 heterocycles. The molecule has 0 saturated carbocycles. The van der Waals surface area contributed by atoms with Gasteiger partial charge in [-0.15, -0.1) is 11.3 Å². The first-order valence-corrected chi connectivity index (χ1v) is 8.49. The van der Waals surface area contributed by atoms with Gasteiger partial charge in [0.2, 0.25) is 0 Å². The third-order valence-corrected chi connectivity index (χ3v) is 5.39. The standard InChI is InChI=1S/C16H19N5S/c1-12-17-6-4-13(19-12)20-7-3-5-16(2,10-20)14-15-21(11-18-14)8-9-22-15/h4,6,8-9,11H,3,5,7,10H2,1-2H3. The number of aryl methyl sites for hydroxylation is 1. The van der Waals surface area contributed by atoms with E-state index in [1.165, 1.54) is 10.5 Å². The van der Waals surface area contributed by atoms with Crippen molar-refractivity contribution in [3.8, 4) is 0 Å². The Morgan fingerprint density at radius 3 is 3.09 bits per heavy atom. The summed E-state index contributed by atoms with van der Waals surface area (Å²) in [6.45, 7) is 6.27. The predicted octanol–water partition coefficient (Wildman–Crippen LogP) is 3.05. The minimum absolute atomic E-state index is 0.0662. The Hall–Kier alpha value is -1.95. The number of hydrogen-bond donors (Lipinski definition) is 0. The highest BCUT2D eigenvalue weighted by molar-refractivity contribution is 7.15. The van der Waals surface area contributed by atoms with E-state index in [4.69, 9.17) is 4.98 Å². The van der Waals surface area contributed by atoms with Gasteiger partial charge in [-0.2, -0.15) is 0 Å². The van der Waals surface area contributed by atoms with Gasteiger partial charge < -0.3 is 4.90 Å². The second-order valence-electron chi connectivity index (χ2n) is 6.26. The van der Waals surface area contributed by atoms with Crippen molar-refractivity contribution in [2.24, 2.45) is 0 Å². The molecule has 1 fully saturated rings. The molecule has 0 bridgehead atoms. The number of nitrogens with zero attached hydrogens (tertiary/aromatic N) is 5.